The summed E-state index contributed by atoms with van der Waals surface area (Å²) in [4.78, 5) is 0. The highest BCUT2D eigenvalue weighted by atomic mass is 16.2. The maximum absolute atomic E-state index is 8.51. The molecular formula is C7H15NO. The van der Waals surface area contributed by atoms with Gasteiger partial charge in [-0.15, -0.1) is 0 Å². The van der Waals surface area contributed by atoms with Gasteiger partial charge in [0, 0.05) is 6.61 Å². The lowest BCUT2D eigenvalue weighted by atomic mass is 10.0. The third kappa shape index (κ3) is 2.33. The highest BCUT2D eigenvalue weighted by molar-refractivity contribution is 4.70. The second-order valence-corrected chi connectivity index (χ2v) is 2.72. The van der Waals surface area contributed by atoms with Gasteiger partial charge in [-0.3, -0.25) is 0 Å². The number of aliphatic hydroxyl groups excluding tert-OH is 1. The fraction of sp³-hybridized carbons (Fsp3) is 1.00. The highest BCUT2D eigenvalue weighted by Crippen LogP contribution is 2.13. The molecule has 2 nitrogen and oxygen atoms in total. The first-order valence-electron chi connectivity index (χ1n) is 3.75. The number of aliphatic hydroxyl groups is 1. The van der Waals surface area contributed by atoms with Crippen molar-refractivity contribution in [1.82, 2.24) is 5.32 Å². The number of hydrogen-bond acceptors (Lipinski definition) is 2. The second kappa shape index (κ2) is 3.85. The molecule has 0 spiro atoms. The maximum atomic E-state index is 8.51. The van der Waals surface area contributed by atoms with E-state index in [1.54, 1.807) is 0 Å². The van der Waals surface area contributed by atoms with Crippen molar-refractivity contribution in [2.24, 2.45) is 5.92 Å². The van der Waals surface area contributed by atoms with Gasteiger partial charge in [-0.25, -0.2) is 0 Å². The van der Waals surface area contributed by atoms with Crippen LogP contribution in [0.1, 0.15) is 19.3 Å². The molecule has 0 bridgehead atoms. The van der Waals surface area contributed by atoms with Crippen LogP contribution in [-0.2, 0) is 0 Å². The number of rotatable bonds is 3. The molecule has 0 aliphatic carbocycles. The molecule has 0 saturated carbocycles. The zero-order chi connectivity index (χ0) is 6.53. The monoisotopic (exact) mass is 129 g/mol. The highest BCUT2D eigenvalue weighted by Gasteiger charge is 2.12. The number of nitrogens with one attached hydrogen (secondary N) is 1. The predicted octanol–water partition coefficient (Wildman–Crippen LogP) is 0.368. The molecule has 0 amide bonds. The first kappa shape index (κ1) is 7.03. The van der Waals surface area contributed by atoms with Gasteiger partial charge < -0.3 is 10.4 Å². The van der Waals surface area contributed by atoms with Gasteiger partial charge >= 0.3 is 0 Å². The van der Waals surface area contributed by atoms with Crippen LogP contribution in [0.3, 0.4) is 0 Å². The van der Waals surface area contributed by atoms with Crippen molar-refractivity contribution in [3.05, 3.63) is 0 Å². The molecule has 0 aromatic rings. The minimum atomic E-state index is 0.358. The summed E-state index contributed by atoms with van der Waals surface area (Å²) in [7, 11) is 0. The first-order chi connectivity index (χ1) is 4.43. The molecule has 1 atom stereocenters. The summed E-state index contributed by atoms with van der Waals surface area (Å²) in [5.41, 5.74) is 0. The third-order valence-corrected chi connectivity index (χ3v) is 1.93. The molecule has 0 radical (unpaired) electrons. The van der Waals surface area contributed by atoms with Crippen molar-refractivity contribution in [2.45, 2.75) is 19.3 Å². The average molecular weight is 129 g/mol. The van der Waals surface area contributed by atoms with Crippen molar-refractivity contribution >= 4 is 0 Å². The molecular weight excluding hydrogens is 114 g/mol. The van der Waals surface area contributed by atoms with Crippen LogP contribution in [0.2, 0.25) is 0 Å². The largest absolute Gasteiger partial charge is 0.396 e. The van der Waals surface area contributed by atoms with Gasteiger partial charge in [0.05, 0.1) is 0 Å². The molecule has 1 rings (SSSR count). The van der Waals surface area contributed by atoms with E-state index < -0.39 is 0 Å². The van der Waals surface area contributed by atoms with Crippen LogP contribution in [-0.4, -0.2) is 24.8 Å². The standard InChI is InChI=1S/C7H15NO/c9-5-1-2-7-3-4-8-6-7/h7-9H,1-6H2/t7-/m0/s1. The molecule has 1 saturated heterocycles. The van der Waals surface area contributed by atoms with E-state index in [9.17, 15) is 0 Å². The molecule has 2 N–H and O–H groups in total. The topological polar surface area (TPSA) is 32.3 Å². The Labute approximate surface area is 56.3 Å². The second-order valence-electron chi connectivity index (χ2n) is 2.72. The Balaban J connectivity index is 1.98. The lowest BCUT2D eigenvalue weighted by Crippen LogP contribution is -2.09. The van der Waals surface area contributed by atoms with Gasteiger partial charge in [0.15, 0.2) is 0 Å². The fourth-order valence-corrected chi connectivity index (χ4v) is 1.34. The third-order valence-electron chi connectivity index (χ3n) is 1.93. The smallest absolute Gasteiger partial charge is 0.0431 e. The Kier molecular flexibility index (Phi) is 3.01. The predicted molar refractivity (Wildman–Crippen MR) is 37.3 cm³/mol. The zero-order valence-electron chi connectivity index (χ0n) is 5.77. The normalized spacial score (nSPS) is 27.0. The van der Waals surface area contributed by atoms with Crippen molar-refractivity contribution in [3.8, 4) is 0 Å². The quantitative estimate of drug-likeness (QED) is 0.577. The van der Waals surface area contributed by atoms with Crippen LogP contribution in [0.15, 0.2) is 0 Å². The van der Waals surface area contributed by atoms with Gasteiger partial charge in [-0.1, -0.05) is 0 Å². The molecule has 9 heavy (non-hydrogen) atoms. The van der Waals surface area contributed by atoms with Crippen LogP contribution in [0.25, 0.3) is 0 Å². The average Bonchev–Trinajstić information content (AvgIpc) is 2.34. The summed E-state index contributed by atoms with van der Waals surface area (Å²) in [6.45, 7) is 2.70. The SMILES string of the molecule is OCCC[C@H]1CCNC1. The zero-order valence-corrected chi connectivity index (χ0v) is 5.77. The Hall–Kier alpha value is -0.0800. The maximum Gasteiger partial charge on any atom is 0.0431 e. The Morgan fingerprint density at radius 1 is 1.56 bits per heavy atom. The van der Waals surface area contributed by atoms with E-state index in [-0.39, 0.29) is 0 Å². The van der Waals surface area contributed by atoms with E-state index >= 15 is 0 Å². The number of hydrogen-bond donors (Lipinski definition) is 2. The van der Waals surface area contributed by atoms with Gasteiger partial charge in [0.2, 0.25) is 0 Å². The first-order valence-corrected chi connectivity index (χ1v) is 3.75. The fourth-order valence-electron chi connectivity index (χ4n) is 1.34. The molecule has 2 heteroatoms. The van der Waals surface area contributed by atoms with Gasteiger partial charge in [0.1, 0.15) is 0 Å². The molecule has 1 heterocycles. The van der Waals surface area contributed by atoms with Crippen molar-refractivity contribution in [2.75, 3.05) is 19.7 Å². The summed E-state index contributed by atoms with van der Waals surface area (Å²) >= 11 is 0. The minimum absolute atomic E-state index is 0.358. The van der Waals surface area contributed by atoms with E-state index in [4.69, 9.17) is 5.11 Å². The van der Waals surface area contributed by atoms with Crippen LogP contribution in [0.5, 0.6) is 0 Å². The summed E-state index contributed by atoms with van der Waals surface area (Å²) in [5.74, 6) is 0.845. The molecule has 1 aliphatic heterocycles. The van der Waals surface area contributed by atoms with Gasteiger partial charge in [-0.05, 0) is 38.3 Å². The summed E-state index contributed by atoms with van der Waals surface area (Å²) in [5, 5.41) is 11.8. The molecule has 0 aromatic carbocycles. The molecule has 0 aromatic heterocycles. The van der Waals surface area contributed by atoms with E-state index in [1.165, 1.54) is 25.9 Å². The molecule has 1 fully saturated rings. The van der Waals surface area contributed by atoms with Crippen molar-refractivity contribution in [3.63, 3.8) is 0 Å². The Bertz CT molecular complexity index is 69.3. The molecule has 54 valence electrons. The summed E-state index contributed by atoms with van der Waals surface area (Å²) < 4.78 is 0. The van der Waals surface area contributed by atoms with E-state index in [0.717, 1.165) is 12.3 Å². The van der Waals surface area contributed by atoms with Crippen LogP contribution in [0.4, 0.5) is 0 Å². The van der Waals surface area contributed by atoms with E-state index in [1.807, 2.05) is 0 Å². The van der Waals surface area contributed by atoms with Crippen LogP contribution < -0.4 is 5.32 Å². The Morgan fingerprint density at radius 3 is 3.00 bits per heavy atom. The lowest BCUT2D eigenvalue weighted by Gasteiger charge is -2.04. The van der Waals surface area contributed by atoms with Gasteiger partial charge in [-0.2, -0.15) is 0 Å². The van der Waals surface area contributed by atoms with E-state index in [2.05, 4.69) is 5.32 Å². The lowest BCUT2D eigenvalue weighted by molar-refractivity contribution is 0.273. The van der Waals surface area contributed by atoms with Gasteiger partial charge in [0.25, 0.3) is 0 Å². The van der Waals surface area contributed by atoms with Crippen molar-refractivity contribution < 1.29 is 5.11 Å². The summed E-state index contributed by atoms with van der Waals surface area (Å²) in [6, 6.07) is 0. The Morgan fingerprint density at radius 2 is 2.44 bits per heavy atom. The van der Waals surface area contributed by atoms with Crippen LogP contribution >= 0.6 is 0 Å². The van der Waals surface area contributed by atoms with E-state index in [0.29, 0.717) is 6.61 Å². The summed E-state index contributed by atoms with van der Waals surface area (Å²) in [6.07, 6.45) is 3.48. The molecule has 1 aliphatic rings. The molecule has 0 unspecified atom stereocenters. The van der Waals surface area contributed by atoms with Crippen LogP contribution in [0, 0.1) is 5.92 Å². The van der Waals surface area contributed by atoms with Crippen molar-refractivity contribution in [1.29, 1.82) is 0 Å². The minimum Gasteiger partial charge on any atom is -0.396 e.